The molecule has 112 valence electrons. The highest BCUT2D eigenvalue weighted by molar-refractivity contribution is 7.90. The summed E-state index contributed by atoms with van der Waals surface area (Å²) in [4.78, 5) is 0. The predicted molar refractivity (Wildman–Crippen MR) is 82.1 cm³/mol. The van der Waals surface area contributed by atoms with Crippen LogP contribution < -0.4 is 10.0 Å². The lowest BCUT2D eigenvalue weighted by Gasteiger charge is -2.27. The molecule has 1 aromatic rings. The van der Waals surface area contributed by atoms with Gasteiger partial charge in [0.05, 0.1) is 0 Å². The third kappa shape index (κ3) is 3.71. The largest absolute Gasteiger partial charge is 0.314 e. The Morgan fingerprint density at radius 3 is 2.15 bits per heavy atom. The maximum Gasteiger partial charge on any atom is 0.301 e. The molecule has 20 heavy (non-hydrogen) atoms. The molecule has 0 atom stereocenters. The van der Waals surface area contributed by atoms with Crippen LogP contribution in [0, 0.1) is 0 Å². The molecule has 6 heteroatoms. The number of hydrogen-bond donors (Lipinski definition) is 2. The second-order valence-electron chi connectivity index (χ2n) is 6.08. The van der Waals surface area contributed by atoms with Gasteiger partial charge in [-0.3, -0.25) is 4.72 Å². The van der Waals surface area contributed by atoms with E-state index in [4.69, 9.17) is 0 Å². The van der Waals surface area contributed by atoms with Gasteiger partial charge in [-0.2, -0.15) is 12.7 Å². The van der Waals surface area contributed by atoms with Crippen LogP contribution in [0.5, 0.6) is 0 Å². The Balaban J connectivity index is 2.09. The zero-order valence-corrected chi connectivity index (χ0v) is 13.1. The molecule has 2 N–H and O–H groups in total. The molecule has 1 aliphatic rings. The Hall–Kier alpha value is -1.11. The molecule has 0 saturated carbocycles. The molecule has 1 fully saturated rings. The minimum Gasteiger partial charge on any atom is -0.314 e. The lowest BCUT2D eigenvalue weighted by atomic mass is 9.87. The van der Waals surface area contributed by atoms with Gasteiger partial charge in [-0.15, -0.1) is 0 Å². The Morgan fingerprint density at radius 1 is 1.10 bits per heavy atom. The van der Waals surface area contributed by atoms with Crippen molar-refractivity contribution < 1.29 is 8.42 Å². The Kier molecular flexibility index (Phi) is 4.36. The minimum atomic E-state index is -3.44. The van der Waals surface area contributed by atoms with E-state index in [9.17, 15) is 8.42 Å². The number of benzene rings is 1. The molecule has 0 spiro atoms. The van der Waals surface area contributed by atoms with Gasteiger partial charge in [-0.05, 0) is 23.1 Å². The summed E-state index contributed by atoms with van der Waals surface area (Å²) in [5.41, 5.74) is 1.86. The van der Waals surface area contributed by atoms with Crippen LogP contribution in [0.4, 0.5) is 5.69 Å². The van der Waals surface area contributed by atoms with E-state index in [1.54, 1.807) is 0 Å². The number of nitrogens with zero attached hydrogens (tertiary/aromatic N) is 1. The van der Waals surface area contributed by atoms with E-state index in [2.05, 4.69) is 30.8 Å². The van der Waals surface area contributed by atoms with Crippen molar-refractivity contribution in [1.82, 2.24) is 9.62 Å². The van der Waals surface area contributed by atoms with E-state index in [0.717, 1.165) is 0 Å². The fourth-order valence-corrected chi connectivity index (χ4v) is 3.36. The lowest BCUT2D eigenvalue weighted by Crippen LogP contribution is -2.48. The van der Waals surface area contributed by atoms with Gasteiger partial charge in [-0.1, -0.05) is 32.9 Å². The van der Waals surface area contributed by atoms with Gasteiger partial charge < -0.3 is 5.32 Å². The van der Waals surface area contributed by atoms with E-state index in [1.807, 2.05) is 24.3 Å². The van der Waals surface area contributed by atoms with Gasteiger partial charge >= 0.3 is 10.2 Å². The zero-order chi connectivity index (χ0) is 14.8. The Labute approximate surface area is 121 Å². The summed E-state index contributed by atoms with van der Waals surface area (Å²) in [5, 5.41) is 3.14. The van der Waals surface area contributed by atoms with Crippen LogP contribution in [-0.2, 0) is 15.6 Å². The quantitative estimate of drug-likeness (QED) is 0.890. The van der Waals surface area contributed by atoms with Crippen molar-refractivity contribution in [3.63, 3.8) is 0 Å². The summed E-state index contributed by atoms with van der Waals surface area (Å²) >= 11 is 0. The van der Waals surface area contributed by atoms with Crippen molar-refractivity contribution in [2.45, 2.75) is 26.2 Å². The van der Waals surface area contributed by atoms with Crippen LogP contribution in [0.15, 0.2) is 24.3 Å². The first kappa shape index (κ1) is 15.3. The van der Waals surface area contributed by atoms with Crippen LogP contribution >= 0.6 is 0 Å². The van der Waals surface area contributed by atoms with Crippen LogP contribution in [0.3, 0.4) is 0 Å². The van der Waals surface area contributed by atoms with E-state index < -0.39 is 10.2 Å². The maximum atomic E-state index is 12.2. The van der Waals surface area contributed by atoms with Crippen LogP contribution in [-0.4, -0.2) is 38.9 Å². The summed E-state index contributed by atoms with van der Waals surface area (Å²) < 4.78 is 28.6. The summed E-state index contributed by atoms with van der Waals surface area (Å²) in [7, 11) is -3.44. The fraction of sp³-hybridized carbons (Fsp3) is 0.571. The van der Waals surface area contributed by atoms with Crippen LogP contribution in [0.25, 0.3) is 0 Å². The lowest BCUT2D eigenvalue weighted by molar-refractivity contribution is 0.362. The summed E-state index contributed by atoms with van der Waals surface area (Å²) in [5.74, 6) is 0. The fourth-order valence-electron chi connectivity index (χ4n) is 2.14. The molecule has 0 aliphatic carbocycles. The molecule has 0 amide bonds. The number of anilines is 1. The van der Waals surface area contributed by atoms with Gasteiger partial charge in [0.2, 0.25) is 0 Å². The SMILES string of the molecule is CC(C)(C)c1ccc(NS(=O)(=O)N2CCNCC2)cc1. The second-order valence-corrected chi connectivity index (χ2v) is 7.75. The van der Waals surface area contributed by atoms with E-state index in [-0.39, 0.29) is 5.41 Å². The summed E-state index contributed by atoms with van der Waals surface area (Å²) in [6, 6.07) is 7.58. The highest BCUT2D eigenvalue weighted by Gasteiger charge is 2.23. The van der Waals surface area contributed by atoms with E-state index >= 15 is 0 Å². The average Bonchev–Trinajstić information content (AvgIpc) is 2.39. The first-order valence-electron chi connectivity index (χ1n) is 6.88. The van der Waals surface area contributed by atoms with Gasteiger partial charge in [0, 0.05) is 31.9 Å². The summed E-state index contributed by atoms with van der Waals surface area (Å²) in [6.07, 6.45) is 0. The van der Waals surface area contributed by atoms with Crippen molar-refractivity contribution >= 4 is 15.9 Å². The van der Waals surface area contributed by atoms with Gasteiger partial charge in [-0.25, -0.2) is 0 Å². The molecule has 1 aliphatic heterocycles. The highest BCUT2D eigenvalue weighted by Crippen LogP contribution is 2.24. The monoisotopic (exact) mass is 297 g/mol. The minimum absolute atomic E-state index is 0.0654. The topological polar surface area (TPSA) is 61.4 Å². The number of piperazine rings is 1. The average molecular weight is 297 g/mol. The van der Waals surface area contributed by atoms with Crippen molar-refractivity contribution in [1.29, 1.82) is 0 Å². The second kappa shape index (κ2) is 5.71. The molecule has 0 aromatic heterocycles. The smallest absolute Gasteiger partial charge is 0.301 e. The molecule has 0 radical (unpaired) electrons. The molecular formula is C14H23N3O2S. The maximum absolute atomic E-state index is 12.2. The van der Waals surface area contributed by atoms with Crippen molar-refractivity contribution in [2.75, 3.05) is 30.9 Å². The molecule has 1 heterocycles. The Bertz CT molecular complexity index is 541. The molecule has 0 unspecified atom stereocenters. The van der Waals surface area contributed by atoms with E-state index in [0.29, 0.717) is 31.9 Å². The van der Waals surface area contributed by atoms with Gasteiger partial charge in [0.1, 0.15) is 0 Å². The number of rotatable bonds is 3. The molecular weight excluding hydrogens is 274 g/mol. The van der Waals surface area contributed by atoms with Crippen molar-refractivity contribution in [3.8, 4) is 0 Å². The normalized spacial score (nSPS) is 17.9. The highest BCUT2D eigenvalue weighted by atomic mass is 32.2. The first-order chi connectivity index (χ1) is 9.29. The van der Waals surface area contributed by atoms with Crippen molar-refractivity contribution in [2.24, 2.45) is 0 Å². The third-order valence-corrected chi connectivity index (χ3v) is 4.95. The first-order valence-corrected chi connectivity index (χ1v) is 8.32. The Morgan fingerprint density at radius 2 is 1.65 bits per heavy atom. The molecule has 5 nitrogen and oxygen atoms in total. The number of hydrogen-bond acceptors (Lipinski definition) is 3. The predicted octanol–water partition coefficient (Wildman–Crippen LogP) is 1.55. The molecule has 0 bridgehead atoms. The van der Waals surface area contributed by atoms with Crippen LogP contribution in [0.1, 0.15) is 26.3 Å². The van der Waals surface area contributed by atoms with Crippen LogP contribution in [0.2, 0.25) is 0 Å². The standard InChI is InChI=1S/C14H23N3O2S/c1-14(2,3)12-4-6-13(7-5-12)16-20(18,19)17-10-8-15-9-11-17/h4-7,15-16H,8-11H2,1-3H3. The van der Waals surface area contributed by atoms with E-state index in [1.165, 1.54) is 9.87 Å². The van der Waals surface area contributed by atoms with Crippen molar-refractivity contribution in [3.05, 3.63) is 29.8 Å². The number of nitrogens with one attached hydrogen (secondary N) is 2. The molecule has 2 rings (SSSR count). The third-order valence-electron chi connectivity index (χ3n) is 3.41. The zero-order valence-electron chi connectivity index (χ0n) is 12.3. The van der Waals surface area contributed by atoms with Gasteiger partial charge in [0.25, 0.3) is 0 Å². The molecule has 1 aromatic carbocycles. The molecule has 1 saturated heterocycles. The van der Waals surface area contributed by atoms with Gasteiger partial charge in [0.15, 0.2) is 0 Å². The summed E-state index contributed by atoms with van der Waals surface area (Å²) in [6.45, 7) is 8.81.